The molecule has 0 aliphatic carbocycles. The van der Waals surface area contributed by atoms with Gasteiger partial charge in [-0.05, 0) is 26.4 Å². The largest absolute Gasteiger partial charge is 0.395 e. The first-order chi connectivity index (χ1) is 5.79. The van der Waals surface area contributed by atoms with Crippen molar-refractivity contribution >= 4 is 0 Å². The Morgan fingerprint density at radius 3 is 2.92 bits per heavy atom. The molecule has 3 heteroatoms. The van der Waals surface area contributed by atoms with Gasteiger partial charge in [-0.15, -0.1) is 0 Å². The third-order valence-corrected chi connectivity index (χ3v) is 2.73. The van der Waals surface area contributed by atoms with Crippen LogP contribution in [0.3, 0.4) is 0 Å². The third-order valence-electron chi connectivity index (χ3n) is 2.73. The van der Waals surface area contributed by atoms with Gasteiger partial charge in [0.05, 0.1) is 6.61 Å². The molecule has 72 valence electrons. The van der Waals surface area contributed by atoms with Crippen LogP contribution in [-0.2, 0) is 0 Å². The first-order valence-corrected chi connectivity index (χ1v) is 4.87. The lowest BCUT2D eigenvalue weighted by Gasteiger charge is -2.31. The Hall–Kier alpha value is -0.120. The maximum atomic E-state index is 9.15. The van der Waals surface area contributed by atoms with E-state index < -0.39 is 0 Å². The molecule has 0 spiro atoms. The Balaban J connectivity index is 2.56. The van der Waals surface area contributed by atoms with E-state index >= 15 is 0 Å². The second-order valence-electron chi connectivity index (χ2n) is 3.51. The average molecular weight is 172 g/mol. The summed E-state index contributed by atoms with van der Waals surface area (Å²) < 4.78 is 0. The molecular weight excluding hydrogens is 152 g/mol. The minimum atomic E-state index is 0.269. The van der Waals surface area contributed by atoms with E-state index in [-0.39, 0.29) is 6.61 Å². The predicted octanol–water partition coefficient (Wildman–Crippen LogP) is 0.0510. The van der Waals surface area contributed by atoms with Crippen LogP contribution >= 0.6 is 0 Å². The number of nitrogens with one attached hydrogen (secondary N) is 1. The molecule has 12 heavy (non-hydrogen) atoms. The monoisotopic (exact) mass is 172 g/mol. The summed E-state index contributed by atoms with van der Waals surface area (Å²) in [6, 6.07) is 0.912. The lowest BCUT2D eigenvalue weighted by molar-refractivity contribution is 0.104. The van der Waals surface area contributed by atoms with Gasteiger partial charge < -0.3 is 10.4 Å². The van der Waals surface area contributed by atoms with Crippen molar-refractivity contribution in [2.75, 3.05) is 26.2 Å². The molecule has 1 fully saturated rings. The zero-order chi connectivity index (χ0) is 8.97. The molecule has 3 nitrogen and oxygen atoms in total. The Morgan fingerprint density at radius 1 is 1.58 bits per heavy atom. The molecule has 2 unspecified atom stereocenters. The van der Waals surface area contributed by atoms with E-state index in [1.54, 1.807) is 0 Å². The molecule has 0 radical (unpaired) electrons. The van der Waals surface area contributed by atoms with Gasteiger partial charge in [0.15, 0.2) is 0 Å². The van der Waals surface area contributed by atoms with E-state index in [0.717, 1.165) is 19.6 Å². The van der Waals surface area contributed by atoms with Gasteiger partial charge in [0.1, 0.15) is 0 Å². The SMILES string of the molecule is CCN1C(C)CCNCC1CO. The van der Waals surface area contributed by atoms with Gasteiger partial charge in [-0.1, -0.05) is 6.92 Å². The van der Waals surface area contributed by atoms with E-state index in [4.69, 9.17) is 5.11 Å². The number of aliphatic hydroxyl groups excluding tert-OH is 1. The van der Waals surface area contributed by atoms with Gasteiger partial charge in [0, 0.05) is 18.6 Å². The normalized spacial score (nSPS) is 33.2. The van der Waals surface area contributed by atoms with Gasteiger partial charge >= 0.3 is 0 Å². The molecule has 1 aliphatic rings. The van der Waals surface area contributed by atoms with Crippen molar-refractivity contribution in [1.82, 2.24) is 10.2 Å². The highest BCUT2D eigenvalue weighted by molar-refractivity contribution is 4.81. The molecule has 0 bridgehead atoms. The summed E-state index contributed by atoms with van der Waals surface area (Å²) in [5, 5.41) is 12.5. The summed E-state index contributed by atoms with van der Waals surface area (Å²) in [5.74, 6) is 0. The molecule has 0 aromatic rings. The van der Waals surface area contributed by atoms with Crippen LogP contribution in [0.4, 0.5) is 0 Å². The fraction of sp³-hybridized carbons (Fsp3) is 1.00. The Morgan fingerprint density at radius 2 is 2.33 bits per heavy atom. The van der Waals surface area contributed by atoms with E-state index in [1.165, 1.54) is 6.42 Å². The van der Waals surface area contributed by atoms with Crippen molar-refractivity contribution in [1.29, 1.82) is 0 Å². The molecule has 2 N–H and O–H groups in total. The molecule has 0 aromatic carbocycles. The van der Waals surface area contributed by atoms with Gasteiger partial charge in [-0.25, -0.2) is 0 Å². The van der Waals surface area contributed by atoms with Crippen LogP contribution in [0.15, 0.2) is 0 Å². The third kappa shape index (κ3) is 2.19. The number of likely N-dealkylation sites (N-methyl/N-ethyl adjacent to an activating group) is 1. The smallest absolute Gasteiger partial charge is 0.0599 e. The lowest BCUT2D eigenvalue weighted by atomic mass is 10.1. The van der Waals surface area contributed by atoms with Crippen LogP contribution < -0.4 is 5.32 Å². The molecule has 1 aliphatic heterocycles. The van der Waals surface area contributed by atoms with Crippen molar-refractivity contribution in [2.24, 2.45) is 0 Å². The van der Waals surface area contributed by atoms with Crippen molar-refractivity contribution < 1.29 is 5.11 Å². The fourth-order valence-electron chi connectivity index (χ4n) is 1.96. The topological polar surface area (TPSA) is 35.5 Å². The molecular formula is C9H20N2O. The summed E-state index contributed by atoms with van der Waals surface area (Å²) in [6.45, 7) is 7.70. The summed E-state index contributed by atoms with van der Waals surface area (Å²) in [6.07, 6.45) is 1.18. The van der Waals surface area contributed by atoms with E-state index in [2.05, 4.69) is 24.1 Å². The first kappa shape index (κ1) is 9.96. The summed E-state index contributed by atoms with van der Waals surface area (Å²) in [7, 11) is 0. The molecule has 1 heterocycles. The van der Waals surface area contributed by atoms with Crippen molar-refractivity contribution in [3.05, 3.63) is 0 Å². The minimum Gasteiger partial charge on any atom is -0.395 e. The number of rotatable bonds is 2. The maximum absolute atomic E-state index is 9.15. The summed E-state index contributed by atoms with van der Waals surface area (Å²) >= 11 is 0. The fourth-order valence-corrected chi connectivity index (χ4v) is 1.96. The molecule has 0 amide bonds. The van der Waals surface area contributed by atoms with Crippen molar-refractivity contribution in [3.63, 3.8) is 0 Å². The van der Waals surface area contributed by atoms with Crippen LogP contribution in [0.1, 0.15) is 20.3 Å². The Bertz CT molecular complexity index is 130. The minimum absolute atomic E-state index is 0.269. The highest BCUT2D eigenvalue weighted by Crippen LogP contribution is 2.10. The summed E-state index contributed by atoms with van der Waals surface area (Å²) in [5.41, 5.74) is 0. The molecule has 1 saturated heterocycles. The lowest BCUT2D eigenvalue weighted by Crippen LogP contribution is -2.45. The van der Waals surface area contributed by atoms with Crippen molar-refractivity contribution in [3.8, 4) is 0 Å². The zero-order valence-corrected chi connectivity index (χ0v) is 8.08. The Kier molecular flexibility index (Phi) is 3.98. The molecule has 1 rings (SSSR count). The highest BCUT2D eigenvalue weighted by Gasteiger charge is 2.23. The second kappa shape index (κ2) is 4.80. The molecule has 0 aromatic heterocycles. The van der Waals surface area contributed by atoms with Crippen LogP contribution in [0, 0.1) is 0 Å². The standard InChI is InChI=1S/C9H20N2O/c1-3-11-8(2)4-5-10-6-9(11)7-12/h8-10,12H,3-7H2,1-2H3. The zero-order valence-electron chi connectivity index (χ0n) is 8.08. The van der Waals surface area contributed by atoms with Gasteiger partial charge in [-0.3, -0.25) is 4.90 Å². The first-order valence-electron chi connectivity index (χ1n) is 4.87. The highest BCUT2D eigenvalue weighted by atomic mass is 16.3. The number of aliphatic hydroxyl groups is 1. The Labute approximate surface area is 74.8 Å². The maximum Gasteiger partial charge on any atom is 0.0599 e. The van der Waals surface area contributed by atoms with Gasteiger partial charge in [-0.2, -0.15) is 0 Å². The van der Waals surface area contributed by atoms with Crippen LogP contribution in [-0.4, -0.2) is 48.3 Å². The van der Waals surface area contributed by atoms with Crippen LogP contribution in [0.2, 0.25) is 0 Å². The van der Waals surface area contributed by atoms with Gasteiger partial charge in [0.2, 0.25) is 0 Å². The summed E-state index contributed by atoms with van der Waals surface area (Å²) in [4.78, 5) is 2.38. The van der Waals surface area contributed by atoms with Crippen LogP contribution in [0.5, 0.6) is 0 Å². The van der Waals surface area contributed by atoms with E-state index in [0.29, 0.717) is 12.1 Å². The van der Waals surface area contributed by atoms with E-state index in [9.17, 15) is 0 Å². The van der Waals surface area contributed by atoms with Crippen molar-refractivity contribution in [2.45, 2.75) is 32.4 Å². The number of hydrogen-bond acceptors (Lipinski definition) is 3. The predicted molar refractivity (Wildman–Crippen MR) is 50.2 cm³/mol. The number of hydrogen-bond donors (Lipinski definition) is 2. The average Bonchev–Trinajstić information content (AvgIpc) is 2.26. The quantitative estimate of drug-likeness (QED) is 0.618. The molecule has 0 saturated carbocycles. The van der Waals surface area contributed by atoms with Gasteiger partial charge in [0.25, 0.3) is 0 Å². The second-order valence-corrected chi connectivity index (χ2v) is 3.51. The molecule has 2 atom stereocenters. The van der Waals surface area contributed by atoms with Crippen LogP contribution in [0.25, 0.3) is 0 Å². The van der Waals surface area contributed by atoms with E-state index in [1.807, 2.05) is 0 Å². The number of nitrogens with zero attached hydrogens (tertiary/aromatic N) is 1.